The van der Waals surface area contributed by atoms with Crippen LogP contribution >= 0.6 is 11.8 Å². The van der Waals surface area contributed by atoms with E-state index in [4.69, 9.17) is 0 Å². The summed E-state index contributed by atoms with van der Waals surface area (Å²) < 4.78 is 0.122. The molecular weight excluding hydrogens is 272 g/mol. The van der Waals surface area contributed by atoms with Crippen LogP contribution in [0, 0.1) is 5.92 Å². The summed E-state index contributed by atoms with van der Waals surface area (Å²) in [5.41, 5.74) is 0. The van der Waals surface area contributed by atoms with Crippen molar-refractivity contribution < 1.29 is 9.59 Å². The highest BCUT2D eigenvalue weighted by molar-refractivity contribution is 8.00. The zero-order valence-corrected chi connectivity index (χ0v) is 13.6. The maximum absolute atomic E-state index is 12.7. The van der Waals surface area contributed by atoms with E-state index in [2.05, 4.69) is 25.4 Å². The normalized spacial score (nSPS) is 24.6. The van der Waals surface area contributed by atoms with Crippen molar-refractivity contribution >= 4 is 23.6 Å². The van der Waals surface area contributed by atoms with Crippen LogP contribution in [-0.2, 0) is 9.59 Å². The lowest BCUT2D eigenvalue weighted by Gasteiger charge is -2.36. The Kier molecular flexibility index (Phi) is 4.99. The molecule has 2 amide bonds. The summed E-state index contributed by atoms with van der Waals surface area (Å²) in [5.74, 6) is 0.540. The predicted molar refractivity (Wildman–Crippen MR) is 82.7 cm³/mol. The van der Waals surface area contributed by atoms with Crippen LogP contribution in [0.3, 0.4) is 0 Å². The zero-order chi connectivity index (χ0) is 14.8. The molecule has 0 aromatic heterocycles. The summed E-state index contributed by atoms with van der Waals surface area (Å²) in [6.07, 6.45) is 6.79. The molecule has 114 valence electrons. The van der Waals surface area contributed by atoms with Crippen molar-refractivity contribution in [3.05, 3.63) is 0 Å². The van der Waals surface area contributed by atoms with Crippen LogP contribution in [-0.4, -0.2) is 46.8 Å². The highest BCUT2D eigenvalue weighted by Crippen LogP contribution is 2.36. The molecule has 4 nitrogen and oxygen atoms in total. The van der Waals surface area contributed by atoms with E-state index in [0.29, 0.717) is 18.9 Å². The molecule has 5 heteroatoms. The third-order valence-corrected chi connectivity index (χ3v) is 6.37. The molecule has 1 unspecified atom stereocenters. The lowest BCUT2D eigenvalue weighted by atomic mass is 10.0. The highest BCUT2D eigenvalue weighted by Gasteiger charge is 2.42. The van der Waals surface area contributed by atoms with Gasteiger partial charge in [-0.1, -0.05) is 13.8 Å². The molecular formula is C15H26N2O2S. The SMILES string of the molecule is CCC(CC)(CN1CCC(=O)NC(C2CC2)C1=O)SC. The molecule has 0 aromatic carbocycles. The van der Waals surface area contributed by atoms with Gasteiger partial charge in [-0.05, 0) is 37.9 Å². The molecule has 1 aliphatic carbocycles. The minimum absolute atomic E-state index is 0.0282. The number of carbonyl (C=O) groups is 2. The topological polar surface area (TPSA) is 49.4 Å². The predicted octanol–water partition coefficient (Wildman–Crippen LogP) is 2.04. The maximum Gasteiger partial charge on any atom is 0.245 e. The van der Waals surface area contributed by atoms with Gasteiger partial charge in [0.15, 0.2) is 0 Å². The average molecular weight is 298 g/mol. The van der Waals surface area contributed by atoms with Gasteiger partial charge in [-0.3, -0.25) is 9.59 Å². The summed E-state index contributed by atoms with van der Waals surface area (Å²) in [6, 6.07) is -0.265. The number of thioether (sulfide) groups is 1. The van der Waals surface area contributed by atoms with E-state index in [1.807, 2.05) is 16.7 Å². The highest BCUT2D eigenvalue weighted by atomic mass is 32.2. The summed E-state index contributed by atoms with van der Waals surface area (Å²) in [6.45, 7) is 5.70. The summed E-state index contributed by atoms with van der Waals surface area (Å²) in [7, 11) is 0. The Morgan fingerprint density at radius 2 is 1.95 bits per heavy atom. The molecule has 1 saturated heterocycles. The monoisotopic (exact) mass is 298 g/mol. The van der Waals surface area contributed by atoms with E-state index in [1.54, 1.807) is 0 Å². The molecule has 0 radical (unpaired) electrons. The maximum atomic E-state index is 12.7. The second kappa shape index (κ2) is 6.37. The molecule has 1 atom stereocenters. The third-order valence-electron chi connectivity index (χ3n) is 4.80. The summed E-state index contributed by atoms with van der Waals surface area (Å²) in [5, 5.41) is 2.92. The molecule has 2 aliphatic rings. The van der Waals surface area contributed by atoms with E-state index < -0.39 is 0 Å². The fraction of sp³-hybridized carbons (Fsp3) is 0.867. The molecule has 0 spiro atoms. The van der Waals surface area contributed by atoms with Gasteiger partial charge in [0.1, 0.15) is 6.04 Å². The largest absolute Gasteiger partial charge is 0.344 e. The number of rotatable bonds is 6. The minimum atomic E-state index is -0.265. The number of amides is 2. The molecule has 20 heavy (non-hydrogen) atoms. The second-order valence-corrected chi connectivity index (χ2v) is 7.26. The Balaban J connectivity index is 2.12. The van der Waals surface area contributed by atoms with E-state index in [0.717, 1.165) is 32.2 Å². The van der Waals surface area contributed by atoms with Crippen LogP contribution in [0.5, 0.6) is 0 Å². The Morgan fingerprint density at radius 1 is 1.30 bits per heavy atom. The van der Waals surface area contributed by atoms with Gasteiger partial charge in [-0.15, -0.1) is 0 Å². The van der Waals surface area contributed by atoms with Crippen molar-refractivity contribution in [1.82, 2.24) is 10.2 Å². The Bertz CT molecular complexity index is 370. The standard InChI is InChI=1S/C15H26N2O2S/c1-4-15(5-2,20-3)10-17-9-8-12(18)16-13(14(17)19)11-6-7-11/h11,13H,4-10H2,1-3H3,(H,16,18). The fourth-order valence-electron chi connectivity index (χ4n) is 2.93. The van der Waals surface area contributed by atoms with Crippen molar-refractivity contribution in [2.75, 3.05) is 19.3 Å². The van der Waals surface area contributed by atoms with E-state index in [1.165, 1.54) is 0 Å². The van der Waals surface area contributed by atoms with Crippen LogP contribution in [0.1, 0.15) is 46.0 Å². The molecule has 0 bridgehead atoms. The van der Waals surface area contributed by atoms with Crippen LogP contribution < -0.4 is 5.32 Å². The number of hydrogen-bond acceptors (Lipinski definition) is 3. The Hall–Kier alpha value is -0.710. The van der Waals surface area contributed by atoms with E-state index in [-0.39, 0.29) is 22.6 Å². The smallest absolute Gasteiger partial charge is 0.245 e. The number of carbonyl (C=O) groups excluding carboxylic acids is 2. The summed E-state index contributed by atoms with van der Waals surface area (Å²) >= 11 is 1.85. The minimum Gasteiger partial charge on any atom is -0.344 e. The van der Waals surface area contributed by atoms with Crippen molar-refractivity contribution in [1.29, 1.82) is 0 Å². The Labute approximate surface area is 126 Å². The molecule has 2 rings (SSSR count). The molecule has 0 aromatic rings. The van der Waals surface area contributed by atoms with Gasteiger partial charge < -0.3 is 10.2 Å². The second-order valence-electron chi connectivity index (χ2n) is 5.99. The first-order valence-corrected chi connectivity index (χ1v) is 8.91. The van der Waals surface area contributed by atoms with Crippen molar-refractivity contribution in [3.63, 3.8) is 0 Å². The first-order chi connectivity index (χ1) is 9.55. The quantitative estimate of drug-likeness (QED) is 0.816. The van der Waals surface area contributed by atoms with Crippen molar-refractivity contribution in [2.24, 2.45) is 5.92 Å². The number of hydrogen-bond donors (Lipinski definition) is 1. The van der Waals surface area contributed by atoms with Gasteiger partial charge in [0.25, 0.3) is 0 Å². The van der Waals surface area contributed by atoms with E-state index in [9.17, 15) is 9.59 Å². The molecule has 1 saturated carbocycles. The van der Waals surface area contributed by atoms with Crippen LogP contribution in [0.2, 0.25) is 0 Å². The lowest BCUT2D eigenvalue weighted by Crippen LogP contribution is -2.50. The van der Waals surface area contributed by atoms with Gasteiger partial charge in [-0.2, -0.15) is 11.8 Å². The lowest BCUT2D eigenvalue weighted by molar-refractivity contribution is -0.134. The molecule has 1 aliphatic heterocycles. The van der Waals surface area contributed by atoms with Crippen LogP contribution in [0.15, 0.2) is 0 Å². The van der Waals surface area contributed by atoms with Crippen molar-refractivity contribution in [3.8, 4) is 0 Å². The van der Waals surface area contributed by atoms with Gasteiger partial charge in [0.2, 0.25) is 11.8 Å². The van der Waals surface area contributed by atoms with Gasteiger partial charge in [0, 0.05) is 24.3 Å². The molecule has 1 N–H and O–H groups in total. The fourth-order valence-corrected chi connectivity index (χ4v) is 3.79. The van der Waals surface area contributed by atoms with Crippen molar-refractivity contribution in [2.45, 2.75) is 56.7 Å². The summed E-state index contributed by atoms with van der Waals surface area (Å²) in [4.78, 5) is 26.4. The third kappa shape index (κ3) is 3.30. The van der Waals surface area contributed by atoms with Gasteiger partial charge in [0.05, 0.1) is 0 Å². The van der Waals surface area contributed by atoms with E-state index >= 15 is 0 Å². The van der Waals surface area contributed by atoms with Crippen LogP contribution in [0.4, 0.5) is 0 Å². The van der Waals surface area contributed by atoms with Crippen LogP contribution in [0.25, 0.3) is 0 Å². The number of nitrogens with zero attached hydrogens (tertiary/aromatic N) is 1. The van der Waals surface area contributed by atoms with Gasteiger partial charge >= 0.3 is 0 Å². The van der Waals surface area contributed by atoms with Gasteiger partial charge in [-0.25, -0.2) is 0 Å². The molecule has 2 fully saturated rings. The Morgan fingerprint density at radius 3 is 2.45 bits per heavy atom. The average Bonchev–Trinajstić information content (AvgIpc) is 3.29. The molecule has 1 heterocycles. The first kappa shape index (κ1) is 15.7. The first-order valence-electron chi connectivity index (χ1n) is 7.68. The zero-order valence-electron chi connectivity index (χ0n) is 12.8. The number of nitrogens with one attached hydrogen (secondary N) is 1.